The van der Waals surface area contributed by atoms with Crippen molar-refractivity contribution in [1.82, 2.24) is 14.8 Å². The normalized spacial score (nSPS) is 17.0. The van der Waals surface area contributed by atoms with E-state index in [9.17, 15) is 4.79 Å². The van der Waals surface area contributed by atoms with Crippen molar-refractivity contribution in [1.29, 1.82) is 0 Å². The molecule has 3 rings (SSSR count). The zero-order valence-electron chi connectivity index (χ0n) is 15.3. The van der Waals surface area contributed by atoms with E-state index in [2.05, 4.69) is 32.2 Å². The summed E-state index contributed by atoms with van der Waals surface area (Å²) in [6.45, 7) is 8.54. The van der Waals surface area contributed by atoms with E-state index in [-0.39, 0.29) is 11.9 Å². The van der Waals surface area contributed by atoms with Crippen LogP contribution in [0.15, 0.2) is 42.7 Å². The van der Waals surface area contributed by atoms with Crippen LogP contribution in [0.3, 0.4) is 0 Å². The second kappa shape index (κ2) is 8.62. The number of piperazine rings is 1. The van der Waals surface area contributed by atoms with Gasteiger partial charge in [0.15, 0.2) is 0 Å². The summed E-state index contributed by atoms with van der Waals surface area (Å²) in [6.07, 6.45) is 3.66. The number of amides is 1. The maximum Gasteiger partial charge on any atom is 0.241 e. The number of carbonyl (C=O) groups excluding carboxylic acids is 1. The molecule has 5 nitrogen and oxygen atoms in total. The number of benzene rings is 1. The fourth-order valence-corrected chi connectivity index (χ4v) is 3.36. The highest BCUT2D eigenvalue weighted by atomic mass is 35.5. The summed E-state index contributed by atoms with van der Waals surface area (Å²) in [7, 11) is 0. The Morgan fingerprint density at radius 3 is 2.58 bits per heavy atom. The molecule has 0 bridgehead atoms. The number of aryl methyl sites for hydroxylation is 1. The van der Waals surface area contributed by atoms with Crippen molar-refractivity contribution in [3.8, 4) is 0 Å². The number of nitrogens with one attached hydrogen (secondary N) is 1. The number of aromatic nitrogens is 1. The smallest absolute Gasteiger partial charge is 0.241 e. The summed E-state index contributed by atoms with van der Waals surface area (Å²) in [5.41, 5.74) is 3.07. The van der Waals surface area contributed by atoms with Gasteiger partial charge in [0.1, 0.15) is 0 Å². The number of anilines is 1. The number of hydrogen-bond donors (Lipinski definition) is 1. The van der Waals surface area contributed by atoms with Crippen molar-refractivity contribution in [2.75, 3.05) is 31.5 Å². The molecule has 0 saturated carbocycles. The molecule has 1 saturated heterocycles. The maximum atomic E-state index is 12.6. The molecule has 1 aromatic carbocycles. The quantitative estimate of drug-likeness (QED) is 0.875. The number of rotatable bonds is 5. The van der Waals surface area contributed by atoms with Gasteiger partial charge in [-0.3, -0.25) is 19.6 Å². The Morgan fingerprint density at radius 1 is 1.19 bits per heavy atom. The van der Waals surface area contributed by atoms with Crippen molar-refractivity contribution >= 4 is 23.2 Å². The van der Waals surface area contributed by atoms with Gasteiger partial charge in [-0.05, 0) is 49.2 Å². The van der Waals surface area contributed by atoms with E-state index >= 15 is 0 Å². The van der Waals surface area contributed by atoms with Crippen LogP contribution in [-0.4, -0.2) is 52.9 Å². The van der Waals surface area contributed by atoms with E-state index in [0.717, 1.165) is 44.0 Å². The molecule has 138 valence electrons. The van der Waals surface area contributed by atoms with E-state index < -0.39 is 0 Å². The van der Waals surface area contributed by atoms with Crippen molar-refractivity contribution in [2.24, 2.45) is 0 Å². The second-order valence-electron chi connectivity index (χ2n) is 6.79. The van der Waals surface area contributed by atoms with Crippen LogP contribution in [0.4, 0.5) is 5.69 Å². The Hall–Kier alpha value is -1.95. The Balaban J connectivity index is 1.52. The summed E-state index contributed by atoms with van der Waals surface area (Å²) in [6, 6.07) is 9.48. The number of nitrogens with zero attached hydrogens (tertiary/aromatic N) is 3. The summed E-state index contributed by atoms with van der Waals surface area (Å²) < 4.78 is 0. The molecule has 1 aliphatic heterocycles. The van der Waals surface area contributed by atoms with Crippen LogP contribution in [0.5, 0.6) is 0 Å². The van der Waals surface area contributed by atoms with Gasteiger partial charge >= 0.3 is 0 Å². The highest BCUT2D eigenvalue weighted by Gasteiger charge is 2.25. The van der Waals surface area contributed by atoms with Crippen LogP contribution in [0.1, 0.15) is 18.1 Å². The van der Waals surface area contributed by atoms with Crippen molar-refractivity contribution < 1.29 is 4.79 Å². The first-order chi connectivity index (χ1) is 12.5. The Kier molecular flexibility index (Phi) is 6.25. The first kappa shape index (κ1) is 18.8. The van der Waals surface area contributed by atoms with Gasteiger partial charge in [-0.25, -0.2) is 0 Å². The molecule has 6 heteroatoms. The molecule has 26 heavy (non-hydrogen) atoms. The lowest BCUT2D eigenvalue weighted by Crippen LogP contribution is -2.52. The molecule has 1 aliphatic rings. The van der Waals surface area contributed by atoms with Gasteiger partial charge in [-0.1, -0.05) is 17.7 Å². The predicted molar refractivity (Wildman–Crippen MR) is 105 cm³/mol. The molecular formula is C20H25ClN4O. The zero-order valence-corrected chi connectivity index (χ0v) is 16.0. The molecule has 1 amide bonds. The lowest BCUT2D eigenvalue weighted by Gasteiger charge is -2.37. The number of carbonyl (C=O) groups is 1. The highest BCUT2D eigenvalue weighted by molar-refractivity contribution is 6.31. The lowest BCUT2D eigenvalue weighted by molar-refractivity contribution is -0.121. The van der Waals surface area contributed by atoms with Gasteiger partial charge in [0.2, 0.25) is 5.91 Å². The third kappa shape index (κ3) is 4.81. The van der Waals surface area contributed by atoms with Gasteiger partial charge in [-0.15, -0.1) is 0 Å². The van der Waals surface area contributed by atoms with E-state index in [1.807, 2.05) is 38.4 Å². The van der Waals surface area contributed by atoms with Crippen molar-refractivity contribution in [2.45, 2.75) is 26.4 Å². The molecule has 2 aromatic rings. The average Bonchev–Trinajstić information content (AvgIpc) is 2.65. The standard InChI is InChI=1S/C20H25ClN4O/c1-15-3-4-18(21)13-19(15)23-20(26)16(2)25-11-9-24(10-12-25)14-17-5-7-22-8-6-17/h3-8,13,16H,9-12,14H2,1-2H3,(H,23,26)/t16-/m1/s1. The van der Waals surface area contributed by atoms with E-state index in [1.165, 1.54) is 5.56 Å². The first-order valence-electron chi connectivity index (χ1n) is 8.95. The van der Waals surface area contributed by atoms with E-state index in [0.29, 0.717) is 5.02 Å². The molecule has 0 radical (unpaired) electrons. The molecule has 1 fully saturated rings. The van der Waals surface area contributed by atoms with Crippen LogP contribution in [0, 0.1) is 6.92 Å². The van der Waals surface area contributed by atoms with Crippen LogP contribution in [0.2, 0.25) is 5.02 Å². The monoisotopic (exact) mass is 372 g/mol. The number of halogens is 1. The third-order valence-corrected chi connectivity index (χ3v) is 5.18. The maximum absolute atomic E-state index is 12.6. The molecule has 0 unspecified atom stereocenters. The fraction of sp³-hybridized carbons (Fsp3) is 0.400. The largest absolute Gasteiger partial charge is 0.324 e. The van der Waals surface area contributed by atoms with Gasteiger partial charge in [0, 0.05) is 55.8 Å². The minimum Gasteiger partial charge on any atom is -0.324 e. The molecule has 0 aliphatic carbocycles. The molecular weight excluding hydrogens is 348 g/mol. The highest BCUT2D eigenvalue weighted by Crippen LogP contribution is 2.21. The number of pyridine rings is 1. The average molecular weight is 373 g/mol. The SMILES string of the molecule is Cc1ccc(Cl)cc1NC(=O)[C@@H](C)N1CCN(Cc2ccncc2)CC1. The second-order valence-corrected chi connectivity index (χ2v) is 7.23. The van der Waals surface area contributed by atoms with Crippen molar-refractivity contribution in [3.63, 3.8) is 0 Å². The number of hydrogen-bond acceptors (Lipinski definition) is 4. The van der Waals surface area contributed by atoms with Crippen molar-refractivity contribution in [3.05, 3.63) is 58.9 Å². The Labute approximate surface area is 160 Å². The van der Waals surface area contributed by atoms with Crippen LogP contribution in [0.25, 0.3) is 0 Å². The van der Waals surface area contributed by atoms with Crippen LogP contribution >= 0.6 is 11.6 Å². The molecule has 1 aromatic heterocycles. The van der Waals surface area contributed by atoms with Gasteiger partial charge in [0.25, 0.3) is 0 Å². The Bertz CT molecular complexity index is 745. The Morgan fingerprint density at radius 2 is 1.88 bits per heavy atom. The summed E-state index contributed by atoms with van der Waals surface area (Å²) in [5.74, 6) is 0.0120. The minimum absolute atomic E-state index is 0.0120. The molecule has 0 spiro atoms. The van der Waals surface area contributed by atoms with Gasteiger partial charge in [0.05, 0.1) is 6.04 Å². The summed E-state index contributed by atoms with van der Waals surface area (Å²) in [5, 5.41) is 3.64. The third-order valence-electron chi connectivity index (χ3n) is 4.95. The molecule has 2 heterocycles. The first-order valence-corrected chi connectivity index (χ1v) is 9.33. The van der Waals surface area contributed by atoms with E-state index in [1.54, 1.807) is 6.07 Å². The predicted octanol–water partition coefficient (Wildman–Crippen LogP) is 3.19. The van der Waals surface area contributed by atoms with Gasteiger partial charge in [-0.2, -0.15) is 0 Å². The van der Waals surface area contributed by atoms with Crippen LogP contribution in [-0.2, 0) is 11.3 Å². The summed E-state index contributed by atoms with van der Waals surface area (Å²) >= 11 is 6.04. The topological polar surface area (TPSA) is 48.5 Å². The van der Waals surface area contributed by atoms with Gasteiger partial charge < -0.3 is 5.32 Å². The molecule has 1 atom stereocenters. The van der Waals surface area contributed by atoms with Crippen LogP contribution < -0.4 is 5.32 Å². The lowest BCUT2D eigenvalue weighted by atomic mass is 10.1. The fourth-order valence-electron chi connectivity index (χ4n) is 3.19. The summed E-state index contributed by atoms with van der Waals surface area (Å²) in [4.78, 5) is 21.3. The van der Waals surface area contributed by atoms with E-state index in [4.69, 9.17) is 11.6 Å². The minimum atomic E-state index is -0.170. The zero-order chi connectivity index (χ0) is 18.5. The molecule has 1 N–H and O–H groups in total.